The van der Waals surface area contributed by atoms with Crippen LogP contribution in [0.1, 0.15) is 412 Å². The topological polar surface area (TPSA) is 95.9 Å². The average Bonchev–Trinajstić information content (AvgIpc) is 3.46. The Morgan fingerprint density at radius 1 is 0.338 bits per heavy atom. The van der Waals surface area contributed by atoms with Crippen molar-refractivity contribution in [3.8, 4) is 0 Å². The molecule has 1 amide bonds. The summed E-state index contributed by atoms with van der Waals surface area (Å²) >= 11 is 0. The van der Waals surface area contributed by atoms with Crippen LogP contribution in [0.3, 0.4) is 0 Å². The first-order chi connectivity index (χ1) is 39.5. The van der Waals surface area contributed by atoms with Gasteiger partial charge in [0, 0.05) is 12.8 Å². The maximum absolute atomic E-state index is 12.5. The predicted molar refractivity (Wildman–Crippen MR) is 352 cm³/mol. The molecule has 0 spiro atoms. The van der Waals surface area contributed by atoms with E-state index in [2.05, 4.69) is 43.5 Å². The third-order valence-electron chi connectivity index (χ3n) is 17.2. The van der Waals surface area contributed by atoms with Gasteiger partial charge in [0.15, 0.2) is 0 Å². The molecule has 6 heteroatoms. The van der Waals surface area contributed by atoms with Crippen molar-refractivity contribution in [3.63, 3.8) is 0 Å². The van der Waals surface area contributed by atoms with Crippen molar-refractivity contribution in [1.29, 1.82) is 0 Å². The largest absolute Gasteiger partial charge is 0.466 e. The van der Waals surface area contributed by atoms with E-state index in [1.807, 2.05) is 0 Å². The second-order valence-electron chi connectivity index (χ2n) is 25.3. The first-order valence-electron chi connectivity index (χ1n) is 36.6. The quantitative estimate of drug-likeness (QED) is 0.0320. The van der Waals surface area contributed by atoms with Gasteiger partial charge in [0.2, 0.25) is 5.91 Å². The minimum atomic E-state index is -0.662. The Balaban J connectivity index is 3.34. The van der Waals surface area contributed by atoms with Gasteiger partial charge in [-0.2, -0.15) is 0 Å². The Kier molecular flexibility index (Phi) is 68.4. The smallest absolute Gasteiger partial charge is 0.305 e. The molecule has 0 heterocycles. The van der Waals surface area contributed by atoms with Crippen molar-refractivity contribution >= 4 is 11.9 Å². The summed E-state index contributed by atoms with van der Waals surface area (Å²) in [5.74, 6) is -0.0147. The van der Waals surface area contributed by atoms with Crippen LogP contribution in [0, 0.1) is 0 Å². The Hall–Kier alpha value is -1.66. The number of carbonyl (C=O) groups excluding carboxylic acids is 2. The number of ether oxygens (including phenoxy) is 1. The molecule has 0 saturated carbocycles. The summed E-state index contributed by atoms with van der Waals surface area (Å²) < 4.78 is 5.50. The lowest BCUT2D eigenvalue weighted by molar-refractivity contribution is -0.143. The van der Waals surface area contributed by atoms with Gasteiger partial charge in [-0.1, -0.05) is 346 Å². The van der Waals surface area contributed by atoms with Gasteiger partial charge in [-0.05, 0) is 77.0 Å². The molecule has 0 aromatic rings. The van der Waals surface area contributed by atoms with Crippen LogP contribution in [0.15, 0.2) is 24.3 Å². The van der Waals surface area contributed by atoms with Crippen LogP contribution in [0.25, 0.3) is 0 Å². The average molecular weight is 1130 g/mol. The van der Waals surface area contributed by atoms with Crippen LogP contribution < -0.4 is 5.32 Å². The van der Waals surface area contributed by atoms with Crippen LogP contribution in [-0.2, 0) is 14.3 Å². The first-order valence-corrected chi connectivity index (χ1v) is 36.6. The van der Waals surface area contributed by atoms with Crippen molar-refractivity contribution in [3.05, 3.63) is 24.3 Å². The highest BCUT2D eigenvalue weighted by molar-refractivity contribution is 5.76. The van der Waals surface area contributed by atoms with E-state index in [4.69, 9.17) is 4.74 Å². The van der Waals surface area contributed by atoms with E-state index in [1.165, 1.54) is 334 Å². The summed E-state index contributed by atoms with van der Waals surface area (Å²) in [6.07, 6.45) is 88.1. The number of hydrogen-bond donors (Lipinski definition) is 3. The molecule has 474 valence electrons. The lowest BCUT2D eigenvalue weighted by Gasteiger charge is -2.22. The maximum atomic E-state index is 12.5. The van der Waals surface area contributed by atoms with Gasteiger partial charge >= 0.3 is 5.97 Å². The van der Waals surface area contributed by atoms with Crippen LogP contribution in [-0.4, -0.2) is 47.4 Å². The molecular weight excluding hydrogens is 983 g/mol. The summed E-state index contributed by atoms with van der Waals surface area (Å²) in [6.45, 7) is 4.98. The highest BCUT2D eigenvalue weighted by Gasteiger charge is 2.20. The number of allylic oxidation sites excluding steroid dienone is 4. The summed E-state index contributed by atoms with van der Waals surface area (Å²) in [5.41, 5.74) is 0. The molecule has 80 heavy (non-hydrogen) atoms. The molecule has 0 aromatic heterocycles. The van der Waals surface area contributed by atoms with Crippen LogP contribution in [0.4, 0.5) is 0 Å². The van der Waals surface area contributed by atoms with E-state index in [9.17, 15) is 19.8 Å². The zero-order valence-corrected chi connectivity index (χ0v) is 54.3. The van der Waals surface area contributed by atoms with E-state index in [0.29, 0.717) is 25.9 Å². The molecule has 0 saturated heterocycles. The lowest BCUT2D eigenvalue weighted by Crippen LogP contribution is -2.45. The predicted octanol–water partition coefficient (Wildman–Crippen LogP) is 23.7. The second kappa shape index (κ2) is 69.8. The van der Waals surface area contributed by atoms with E-state index in [-0.39, 0.29) is 18.5 Å². The second-order valence-corrected chi connectivity index (χ2v) is 25.3. The fraction of sp³-hybridized carbons (Fsp3) is 0.919. The van der Waals surface area contributed by atoms with Gasteiger partial charge in [0.25, 0.3) is 0 Å². The van der Waals surface area contributed by atoms with Crippen molar-refractivity contribution in [1.82, 2.24) is 5.32 Å². The highest BCUT2D eigenvalue weighted by atomic mass is 16.5. The molecule has 0 aromatic carbocycles. The summed E-state index contributed by atoms with van der Waals surface area (Å²) in [5, 5.41) is 23.3. The zero-order chi connectivity index (χ0) is 57.8. The van der Waals surface area contributed by atoms with Gasteiger partial charge in [-0.15, -0.1) is 0 Å². The van der Waals surface area contributed by atoms with Crippen molar-refractivity contribution in [2.45, 2.75) is 424 Å². The summed E-state index contributed by atoms with van der Waals surface area (Å²) in [7, 11) is 0. The van der Waals surface area contributed by atoms with Crippen LogP contribution in [0.2, 0.25) is 0 Å². The molecule has 2 atom stereocenters. The first kappa shape index (κ1) is 78.3. The van der Waals surface area contributed by atoms with Gasteiger partial charge < -0.3 is 20.3 Å². The number of aliphatic hydroxyl groups excluding tert-OH is 2. The van der Waals surface area contributed by atoms with Crippen LogP contribution in [0.5, 0.6) is 0 Å². The molecule has 0 rings (SSSR count). The van der Waals surface area contributed by atoms with E-state index in [0.717, 1.165) is 44.9 Å². The SMILES string of the molecule is CCCCCCCC/C=C\CCCCCCCCCC(=O)OCCCCCCCCCCCCCC/C=C\CCCCCCCCCCCCCCCCCC(=O)NC(CO)C(O)CCCCCCCCCCCCCCCCC. The summed E-state index contributed by atoms with van der Waals surface area (Å²) in [6, 6.07) is -0.539. The van der Waals surface area contributed by atoms with Crippen molar-refractivity contribution in [2.24, 2.45) is 0 Å². The van der Waals surface area contributed by atoms with E-state index in [1.54, 1.807) is 0 Å². The molecule has 0 bridgehead atoms. The number of nitrogens with one attached hydrogen (secondary N) is 1. The van der Waals surface area contributed by atoms with Crippen molar-refractivity contribution < 1.29 is 24.5 Å². The number of carbonyl (C=O) groups is 2. The Morgan fingerprint density at radius 3 is 0.887 bits per heavy atom. The number of aliphatic hydroxyl groups is 2. The van der Waals surface area contributed by atoms with Gasteiger partial charge in [0.05, 0.1) is 25.4 Å². The fourth-order valence-corrected chi connectivity index (χ4v) is 11.6. The van der Waals surface area contributed by atoms with Gasteiger partial charge in [-0.3, -0.25) is 9.59 Å². The number of unbranched alkanes of at least 4 members (excludes halogenated alkanes) is 54. The monoisotopic (exact) mass is 1130 g/mol. The molecule has 6 nitrogen and oxygen atoms in total. The van der Waals surface area contributed by atoms with E-state index >= 15 is 0 Å². The molecule has 0 aliphatic rings. The lowest BCUT2D eigenvalue weighted by atomic mass is 10.0. The van der Waals surface area contributed by atoms with Crippen molar-refractivity contribution in [2.75, 3.05) is 13.2 Å². The Bertz CT molecular complexity index is 1250. The maximum Gasteiger partial charge on any atom is 0.305 e. The molecular formula is C74H143NO5. The molecule has 0 aliphatic heterocycles. The third-order valence-corrected chi connectivity index (χ3v) is 17.2. The summed E-state index contributed by atoms with van der Waals surface area (Å²) in [4.78, 5) is 24.6. The Labute approximate surface area is 501 Å². The Morgan fingerprint density at radius 2 is 0.588 bits per heavy atom. The third kappa shape index (κ3) is 65.5. The standard InChI is InChI=1S/C74H143NO5/c1-3-5-7-9-11-13-15-17-19-35-40-44-48-52-56-60-64-68-74(79)80-69-65-61-57-53-49-45-41-37-34-32-30-28-26-24-22-20-21-23-25-27-29-31-33-36-39-43-47-51-55-59-63-67-73(78)75-71(70-76)72(77)66-62-58-54-50-46-42-38-18-16-14-12-10-8-6-4-2/h17,19,22,24,71-72,76-77H,3-16,18,20-21,23,25-70H2,1-2H3,(H,75,78)/b19-17-,24-22-. The number of hydrogen-bond acceptors (Lipinski definition) is 5. The minimum absolute atomic E-state index is 0.0151. The molecule has 3 N–H and O–H groups in total. The van der Waals surface area contributed by atoms with E-state index < -0.39 is 12.1 Å². The fourth-order valence-electron chi connectivity index (χ4n) is 11.6. The molecule has 0 aliphatic carbocycles. The van der Waals surface area contributed by atoms with Crippen LogP contribution >= 0.6 is 0 Å². The molecule has 2 unspecified atom stereocenters. The van der Waals surface area contributed by atoms with Gasteiger partial charge in [-0.25, -0.2) is 0 Å². The minimum Gasteiger partial charge on any atom is -0.466 e. The molecule has 0 fully saturated rings. The normalized spacial score (nSPS) is 12.6. The van der Waals surface area contributed by atoms with Gasteiger partial charge in [0.1, 0.15) is 0 Å². The zero-order valence-electron chi connectivity index (χ0n) is 54.3. The number of esters is 1. The molecule has 0 radical (unpaired) electrons. The highest BCUT2D eigenvalue weighted by Crippen LogP contribution is 2.19. The number of amides is 1. The number of rotatable bonds is 69.